The second-order valence-corrected chi connectivity index (χ2v) is 6.65. The Morgan fingerprint density at radius 2 is 1.57 bits per heavy atom. The van der Waals surface area contributed by atoms with Crippen molar-refractivity contribution in [1.29, 1.82) is 0 Å². The Kier molecular flexibility index (Phi) is 8.40. The Balaban J connectivity index is 1.97. The Labute approximate surface area is 166 Å². The molecule has 0 atom stereocenters. The SMILES string of the molecule is CCOC(=O)CCN(Cc1ccccc1)C(=O)CCC(=O)c1ccc(C)cc1. The highest BCUT2D eigenvalue weighted by Gasteiger charge is 2.18. The summed E-state index contributed by atoms with van der Waals surface area (Å²) in [6.07, 6.45) is 0.396. The maximum Gasteiger partial charge on any atom is 0.307 e. The zero-order valence-corrected chi connectivity index (χ0v) is 16.5. The second-order valence-electron chi connectivity index (χ2n) is 6.65. The van der Waals surface area contributed by atoms with E-state index in [1.165, 1.54) is 0 Å². The molecule has 2 aromatic rings. The van der Waals surface area contributed by atoms with Crippen LogP contribution in [0.3, 0.4) is 0 Å². The molecule has 0 aromatic heterocycles. The minimum Gasteiger partial charge on any atom is -0.466 e. The van der Waals surface area contributed by atoms with Crippen molar-refractivity contribution in [2.45, 2.75) is 39.7 Å². The van der Waals surface area contributed by atoms with Gasteiger partial charge in [0.1, 0.15) is 0 Å². The van der Waals surface area contributed by atoms with Crippen LogP contribution in [0, 0.1) is 6.92 Å². The molecule has 1 amide bonds. The van der Waals surface area contributed by atoms with Crippen molar-refractivity contribution in [1.82, 2.24) is 4.90 Å². The fourth-order valence-electron chi connectivity index (χ4n) is 2.82. The van der Waals surface area contributed by atoms with Crippen molar-refractivity contribution in [2.75, 3.05) is 13.2 Å². The van der Waals surface area contributed by atoms with Crippen LogP contribution in [0.25, 0.3) is 0 Å². The molecule has 0 saturated heterocycles. The van der Waals surface area contributed by atoms with Gasteiger partial charge in [0.25, 0.3) is 0 Å². The summed E-state index contributed by atoms with van der Waals surface area (Å²) < 4.78 is 4.96. The van der Waals surface area contributed by atoms with Crippen LogP contribution in [0.1, 0.15) is 47.7 Å². The third kappa shape index (κ3) is 6.99. The van der Waals surface area contributed by atoms with Gasteiger partial charge in [-0.1, -0.05) is 60.2 Å². The van der Waals surface area contributed by atoms with Crippen LogP contribution in [0.5, 0.6) is 0 Å². The second kappa shape index (κ2) is 11.0. The van der Waals surface area contributed by atoms with Crippen molar-refractivity contribution in [3.05, 3.63) is 71.3 Å². The Bertz CT molecular complexity index is 784. The molecular weight excluding hydrogens is 354 g/mol. The summed E-state index contributed by atoms with van der Waals surface area (Å²) in [5.41, 5.74) is 2.67. The largest absolute Gasteiger partial charge is 0.466 e. The lowest BCUT2D eigenvalue weighted by molar-refractivity contribution is -0.144. The Morgan fingerprint density at radius 1 is 0.893 bits per heavy atom. The van der Waals surface area contributed by atoms with Gasteiger partial charge in [-0.3, -0.25) is 14.4 Å². The highest BCUT2D eigenvalue weighted by molar-refractivity contribution is 5.98. The van der Waals surface area contributed by atoms with E-state index in [4.69, 9.17) is 4.74 Å². The summed E-state index contributed by atoms with van der Waals surface area (Å²) in [5, 5.41) is 0. The first-order chi connectivity index (χ1) is 13.5. The molecule has 0 aliphatic carbocycles. The molecule has 2 rings (SSSR count). The number of aryl methyl sites for hydroxylation is 1. The minimum absolute atomic E-state index is 0.0570. The Hall–Kier alpha value is -2.95. The number of carbonyl (C=O) groups excluding carboxylic acids is 3. The first kappa shape index (κ1) is 21.4. The van der Waals surface area contributed by atoms with E-state index in [0.29, 0.717) is 18.7 Å². The van der Waals surface area contributed by atoms with E-state index in [9.17, 15) is 14.4 Å². The zero-order valence-electron chi connectivity index (χ0n) is 16.5. The van der Waals surface area contributed by atoms with Gasteiger partial charge in [0.05, 0.1) is 13.0 Å². The number of ether oxygens (including phenoxy) is 1. The van der Waals surface area contributed by atoms with Crippen LogP contribution < -0.4 is 0 Å². The van der Waals surface area contributed by atoms with E-state index in [1.807, 2.05) is 49.4 Å². The third-order valence-corrected chi connectivity index (χ3v) is 4.40. The number of hydrogen-bond donors (Lipinski definition) is 0. The molecule has 0 fully saturated rings. The molecule has 2 aromatic carbocycles. The maximum atomic E-state index is 12.7. The van der Waals surface area contributed by atoms with Gasteiger partial charge in [0.15, 0.2) is 5.78 Å². The number of amides is 1. The summed E-state index contributed by atoms with van der Waals surface area (Å²) in [7, 11) is 0. The van der Waals surface area contributed by atoms with E-state index in [0.717, 1.165) is 11.1 Å². The van der Waals surface area contributed by atoms with Gasteiger partial charge in [0.2, 0.25) is 5.91 Å². The molecule has 0 saturated carbocycles. The van der Waals surface area contributed by atoms with Crippen molar-refractivity contribution < 1.29 is 19.1 Å². The van der Waals surface area contributed by atoms with Gasteiger partial charge < -0.3 is 9.64 Å². The van der Waals surface area contributed by atoms with Gasteiger partial charge >= 0.3 is 5.97 Å². The molecule has 0 aliphatic rings. The highest BCUT2D eigenvalue weighted by Crippen LogP contribution is 2.12. The molecule has 5 nitrogen and oxygen atoms in total. The molecule has 148 valence electrons. The molecular formula is C23H27NO4. The van der Waals surface area contributed by atoms with E-state index < -0.39 is 0 Å². The van der Waals surface area contributed by atoms with Crippen LogP contribution in [0.15, 0.2) is 54.6 Å². The molecule has 28 heavy (non-hydrogen) atoms. The normalized spacial score (nSPS) is 10.4. The van der Waals surface area contributed by atoms with E-state index >= 15 is 0 Å². The fraction of sp³-hybridized carbons (Fsp3) is 0.348. The zero-order chi connectivity index (χ0) is 20.4. The van der Waals surface area contributed by atoms with Crippen LogP contribution in [0.4, 0.5) is 0 Å². The third-order valence-electron chi connectivity index (χ3n) is 4.40. The fourth-order valence-corrected chi connectivity index (χ4v) is 2.82. The highest BCUT2D eigenvalue weighted by atomic mass is 16.5. The van der Waals surface area contributed by atoms with Gasteiger partial charge in [-0.15, -0.1) is 0 Å². The van der Waals surface area contributed by atoms with Crippen molar-refractivity contribution in [3.8, 4) is 0 Å². The first-order valence-electron chi connectivity index (χ1n) is 9.56. The summed E-state index contributed by atoms with van der Waals surface area (Å²) in [5.74, 6) is -0.531. The number of benzene rings is 2. The van der Waals surface area contributed by atoms with Crippen LogP contribution in [-0.2, 0) is 20.9 Å². The van der Waals surface area contributed by atoms with Crippen molar-refractivity contribution >= 4 is 17.7 Å². The molecule has 0 N–H and O–H groups in total. The van der Waals surface area contributed by atoms with Gasteiger partial charge in [-0.2, -0.15) is 0 Å². The smallest absolute Gasteiger partial charge is 0.307 e. The molecule has 5 heteroatoms. The molecule has 0 bridgehead atoms. The number of esters is 1. The maximum absolute atomic E-state index is 12.7. The van der Waals surface area contributed by atoms with Gasteiger partial charge in [-0.25, -0.2) is 0 Å². The molecule has 0 radical (unpaired) electrons. The number of ketones is 1. The number of Topliss-reactive ketones (excluding diaryl/α,β-unsaturated/α-hetero) is 1. The van der Waals surface area contributed by atoms with Crippen molar-refractivity contribution in [3.63, 3.8) is 0 Å². The monoisotopic (exact) mass is 381 g/mol. The predicted octanol–water partition coefficient (Wildman–Crippen LogP) is 3.94. The van der Waals surface area contributed by atoms with Crippen LogP contribution in [0.2, 0.25) is 0 Å². The summed E-state index contributed by atoms with van der Waals surface area (Å²) in [4.78, 5) is 38.4. The van der Waals surface area contributed by atoms with Gasteiger partial charge in [0, 0.05) is 31.5 Å². The standard InChI is InChI=1S/C23H27NO4/c1-3-28-23(27)15-16-24(17-19-7-5-4-6-8-19)22(26)14-13-21(25)20-11-9-18(2)10-12-20/h4-12H,3,13-17H2,1-2H3. The van der Waals surface area contributed by atoms with Crippen LogP contribution in [-0.4, -0.2) is 35.7 Å². The number of carbonyl (C=O) groups is 3. The average molecular weight is 381 g/mol. The first-order valence-corrected chi connectivity index (χ1v) is 9.56. The number of hydrogen-bond acceptors (Lipinski definition) is 4. The summed E-state index contributed by atoms with van der Waals surface area (Å²) in [6.45, 7) is 4.70. The molecule has 0 heterocycles. The predicted molar refractivity (Wildman–Crippen MR) is 108 cm³/mol. The van der Waals surface area contributed by atoms with Crippen LogP contribution >= 0.6 is 0 Å². The van der Waals surface area contributed by atoms with E-state index in [2.05, 4.69) is 0 Å². The lowest BCUT2D eigenvalue weighted by atomic mass is 10.0. The molecule has 0 aliphatic heterocycles. The summed E-state index contributed by atoms with van der Waals surface area (Å²) in [6, 6.07) is 16.9. The van der Waals surface area contributed by atoms with E-state index in [-0.39, 0.29) is 43.5 Å². The average Bonchev–Trinajstić information content (AvgIpc) is 2.70. The Morgan fingerprint density at radius 3 is 2.21 bits per heavy atom. The van der Waals surface area contributed by atoms with E-state index in [1.54, 1.807) is 24.0 Å². The van der Waals surface area contributed by atoms with Gasteiger partial charge in [-0.05, 0) is 19.4 Å². The minimum atomic E-state index is -0.330. The molecule has 0 unspecified atom stereocenters. The lowest BCUT2D eigenvalue weighted by Crippen LogP contribution is -2.33. The summed E-state index contributed by atoms with van der Waals surface area (Å²) >= 11 is 0. The number of nitrogens with zero attached hydrogens (tertiary/aromatic N) is 1. The quantitative estimate of drug-likeness (QED) is 0.462. The lowest BCUT2D eigenvalue weighted by Gasteiger charge is -2.22. The topological polar surface area (TPSA) is 63.7 Å². The number of rotatable bonds is 10. The van der Waals surface area contributed by atoms with Crippen molar-refractivity contribution in [2.24, 2.45) is 0 Å². The molecule has 0 spiro atoms.